The first-order chi connectivity index (χ1) is 6.45. The van der Waals surface area contributed by atoms with Gasteiger partial charge in [-0.15, -0.1) is 0 Å². The second-order valence-electron chi connectivity index (χ2n) is 2.48. The molecule has 0 bridgehead atoms. The smallest absolute Gasteiger partial charge is 0.258 e. The molecule has 1 aromatic rings. The standard InChI is InChI=1S/C8H4ClF3N2/c9-5-3-6(8(10,11)12)7(1-2-13)14-4-5/h3-4H,1H2. The van der Waals surface area contributed by atoms with Crippen molar-refractivity contribution in [2.45, 2.75) is 12.6 Å². The first kappa shape index (κ1) is 10.8. The summed E-state index contributed by atoms with van der Waals surface area (Å²) in [6.07, 6.45) is -3.82. The Hall–Kier alpha value is -1.28. The zero-order valence-electron chi connectivity index (χ0n) is 6.77. The van der Waals surface area contributed by atoms with Gasteiger partial charge in [-0.05, 0) is 6.07 Å². The van der Waals surface area contributed by atoms with Gasteiger partial charge in [0.1, 0.15) is 0 Å². The topological polar surface area (TPSA) is 36.7 Å². The van der Waals surface area contributed by atoms with Gasteiger partial charge in [-0.2, -0.15) is 18.4 Å². The van der Waals surface area contributed by atoms with Gasteiger partial charge in [0.05, 0.1) is 28.8 Å². The van der Waals surface area contributed by atoms with Gasteiger partial charge in [-0.3, -0.25) is 4.98 Å². The fourth-order valence-corrected chi connectivity index (χ4v) is 1.09. The summed E-state index contributed by atoms with van der Waals surface area (Å²) < 4.78 is 37.0. The van der Waals surface area contributed by atoms with Gasteiger partial charge >= 0.3 is 6.18 Å². The number of nitrogens with zero attached hydrogens (tertiary/aromatic N) is 2. The molecule has 0 radical (unpaired) electrons. The molecule has 1 aromatic heterocycles. The molecule has 1 heterocycles. The lowest BCUT2D eigenvalue weighted by molar-refractivity contribution is -0.138. The summed E-state index contributed by atoms with van der Waals surface area (Å²) in [6.45, 7) is 0. The van der Waals surface area contributed by atoms with Crippen LogP contribution >= 0.6 is 11.6 Å². The second-order valence-corrected chi connectivity index (χ2v) is 2.92. The van der Waals surface area contributed by atoms with Gasteiger partial charge in [0.15, 0.2) is 0 Å². The summed E-state index contributed by atoms with van der Waals surface area (Å²) in [6, 6.07) is 2.38. The van der Waals surface area contributed by atoms with Crippen LogP contribution in [0.5, 0.6) is 0 Å². The summed E-state index contributed by atoms with van der Waals surface area (Å²) in [5.41, 5.74) is -1.25. The molecule has 0 fully saturated rings. The minimum Gasteiger partial charge on any atom is -0.258 e. The normalized spacial score (nSPS) is 11.1. The number of rotatable bonds is 1. The van der Waals surface area contributed by atoms with E-state index in [0.717, 1.165) is 12.3 Å². The molecule has 0 aromatic carbocycles. The van der Waals surface area contributed by atoms with E-state index in [0.29, 0.717) is 0 Å². The van der Waals surface area contributed by atoms with Crippen LogP contribution in [0.1, 0.15) is 11.3 Å². The van der Waals surface area contributed by atoms with Crippen LogP contribution in [0.15, 0.2) is 12.3 Å². The van der Waals surface area contributed by atoms with Crippen molar-refractivity contribution in [2.75, 3.05) is 0 Å². The first-order valence-electron chi connectivity index (χ1n) is 3.53. The summed E-state index contributed by atoms with van der Waals surface area (Å²) in [7, 11) is 0. The predicted molar refractivity (Wildman–Crippen MR) is 43.6 cm³/mol. The van der Waals surface area contributed by atoms with Crippen molar-refractivity contribution < 1.29 is 13.2 Å². The maximum Gasteiger partial charge on any atom is 0.418 e. The van der Waals surface area contributed by atoms with Crippen LogP contribution in [0.4, 0.5) is 13.2 Å². The quantitative estimate of drug-likeness (QED) is 0.730. The van der Waals surface area contributed by atoms with Crippen molar-refractivity contribution in [1.82, 2.24) is 4.98 Å². The van der Waals surface area contributed by atoms with Crippen LogP contribution in [-0.2, 0) is 12.6 Å². The Bertz CT molecular complexity index is 381. The Morgan fingerprint density at radius 1 is 1.50 bits per heavy atom. The molecule has 1 rings (SSSR count). The molecule has 0 atom stereocenters. The fourth-order valence-electron chi connectivity index (χ4n) is 0.929. The molecule has 0 saturated heterocycles. The zero-order valence-corrected chi connectivity index (χ0v) is 7.52. The van der Waals surface area contributed by atoms with E-state index in [1.807, 2.05) is 0 Å². The lowest BCUT2D eigenvalue weighted by Gasteiger charge is -2.09. The highest BCUT2D eigenvalue weighted by Crippen LogP contribution is 2.32. The van der Waals surface area contributed by atoms with E-state index in [9.17, 15) is 13.2 Å². The van der Waals surface area contributed by atoms with Crippen molar-refractivity contribution in [2.24, 2.45) is 0 Å². The van der Waals surface area contributed by atoms with E-state index in [4.69, 9.17) is 16.9 Å². The molecule has 0 aliphatic heterocycles. The van der Waals surface area contributed by atoms with Gasteiger partial charge < -0.3 is 0 Å². The largest absolute Gasteiger partial charge is 0.418 e. The van der Waals surface area contributed by atoms with Crippen molar-refractivity contribution in [1.29, 1.82) is 5.26 Å². The number of pyridine rings is 1. The summed E-state index contributed by atoms with van der Waals surface area (Å²) in [5.74, 6) is 0. The number of aromatic nitrogens is 1. The van der Waals surface area contributed by atoms with Gasteiger partial charge in [0.25, 0.3) is 0 Å². The fraction of sp³-hybridized carbons (Fsp3) is 0.250. The van der Waals surface area contributed by atoms with Gasteiger partial charge in [0.2, 0.25) is 0 Å². The molecular formula is C8H4ClF3N2. The Kier molecular flexibility index (Phi) is 2.96. The van der Waals surface area contributed by atoms with E-state index in [1.54, 1.807) is 6.07 Å². The Labute approximate surface area is 82.9 Å². The maximum atomic E-state index is 12.3. The van der Waals surface area contributed by atoms with Crippen molar-refractivity contribution in [3.8, 4) is 6.07 Å². The third-order valence-corrected chi connectivity index (χ3v) is 1.70. The van der Waals surface area contributed by atoms with E-state index in [2.05, 4.69) is 4.98 Å². The zero-order chi connectivity index (χ0) is 10.8. The molecule has 14 heavy (non-hydrogen) atoms. The molecule has 0 saturated carbocycles. The minimum atomic E-state index is -4.52. The lowest BCUT2D eigenvalue weighted by atomic mass is 10.1. The molecular weight excluding hydrogens is 217 g/mol. The van der Waals surface area contributed by atoms with E-state index in [1.165, 1.54) is 0 Å². The van der Waals surface area contributed by atoms with Crippen LogP contribution in [0.3, 0.4) is 0 Å². The molecule has 2 nitrogen and oxygen atoms in total. The Morgan fingerprint density at radius 3 is 2.64 bits per heavy atom. The third kappa shape index (κ3) is 2.36. The monoisotopic (exact) mass is 220 g/mol. The number of hydrogen-bond donors (Lipinski definition) is 0. The average molecular weight is 221 g/mol. The Balaban J connectivity index is 3.24. The average Bonchev–Trinajstić information content (AvgIpc) is 2.07. The van der Waals surface area contributed by atoms with Crippen LogP contribution in [0.2, 0.25) is 5.02 Å². The summed E-state index contributed by atoms with van der Waals surface area (Å²) in [5, 5.41) is 8.19. The van der Waals surface area contributed by atoms with Crippen LogP contribution in [0, 0.1) is 11.3 Å². The highest BCUT2D eigenvalue weighted by Gasteiger charge is 2.34. The third-order valence-electron chi connectivity index (χ3n) is 1.49. The number of hydrogen-bond acceptors (Lipinski definition) is 2. The van der Waals surface area contributed by atoms with Gasteiger partial charge in [-0.25, -0.2) is 0 Å². The number of halogens is 4. The van der Waals surface area contributed by atoms with Crippen molar-refractivity contribution in [3.63, 3.8) is 0 Å². The Morgan fingerprint density at radius 2 is 2.14 bits per heavy atom. The van der Waals surface area contributed by atoms with Crippen molar-refractivity contribution >= 4 is 11.6 Å². The predicted octanol–water partition coefficient (Wildman–Crippen LogP) is 2.82. The van der Waals surface area contributed by atoms with Crippen LogP contribution in [-0.4, -0.2) is 4.98 Å². The summed E-state index contributed by atoms with van der Waals surface area (Å²) in [4.78, 5) is 3.46. The van der Waals surface area contributed by atoms with E-state index >= 15 is 0 Å². The van der Waals surface area contributed by atoms with Crippen LogP contribution < -0.4 is 0 Å². The molecule has 0 aliphatic rings. The number of nitriles is 1. The van der Waals surface area contributed by atoms with Crippen LogP contribution in [0.25, 0.3) is 0 Å². The first-order valence-corrected chi connectivity index (χ1v) is 3.91. The van der Waals surface area contributed by atoms with Crippen molar-refractivity contribution in [3.05, 3.63) is 28.5 Å². The molecule has 6 heteroatoms. The molecule has 0 unspecified atom stereocenters. The maximum absolute atomic E-state index is 12.3. The second kappa shape index (κ2) is 3.84. The molecule has 74 valence electrons. The summed E-state index contributed by atoms with van der Waals surface area (Å²) >= 11 is 5.38. The molecule has 0 amide bonds. The molecule has 0 N–H and O–H groups in total. The lowest BCUT2D eigenvalue weighted by Crippen LogP contribution is -2.10. The highest BCUT2D eigenvalue weighted by atomic mass is 35.5. The van der Waals surface area contributed by atoms with E-state index < -0.39 is 11.7 Å². The molecule has 0 aliphatic carbocycles. The molecule has 0 spiro atoms. The van der Waals surface area contributed by atoms with Gasteiger partial charge in [0, 0.05) is 6.20 Å². The van der Waals surface area contributed by atoms with Gasteiger partial charge in [-0.1, -0.05) is 11.6 Å². The highest BCUT2D eigenvalue weighted by molar-refractivity contribution is 6.30. The number of alkyl halides is 3. The minimum absolute atomic E-state index is 0.0981. The van der Waals surface area contributed by atoms with E-state index in [-0.39, 0.29) is 17.1 Å². The SMILES string of the molecule is N#CCc1ncc(Cl)cc1C(F)(F)F.